The predicted molar refractivity (Wildman–Crippen MR) is 82.1 cm³/mol. The van der Waals surface area contributed by atoms with Crippen LogP contribution in [-0.2, 0) is 11.3 Å². The molecule has 1 atom stereocenters. The average molecular weight is 292 g/mol. The summed E-state index contributed by atoms with van der Waals surface area (Å²) < 4.78 is 5.08. The number of nitrogens with one attached hydrogen (secondary N) is 1. The molecule has 3 nitrogen and oxygen atoms in total. The first kappa shape index (κ1) is 14.9. The molecule has 0 aliphatic rings. The Balaban J connectivity index is 2.09. The van der Waals surface area contributed by atoms with Crippen molar-refractivity contribution in [3.05, 3.63) is 64.7 Å². The van der Waals surface area contributed by atoms with Crippen molar-refractivity contribution in [3.63, 3.8) is 0 Å². The molecule has 0 aliphatic heterocycles. The Morgan fingerprint density at radius 3 is 2.30 bits per heavy atom. The molecule has 0 amide bonds. The van der Waals surface area contributed by atoms with E-state index < -0.39 is 0 Å². The van der Waals surface area contributed by atoms with Gasteiger partial charge in [-0.3, -0.25) is 0 Å². The number of ether oxygens (including phenoxy) is 1. The third-order valence-electron chi connectivity index (χ3n) is 3.06. The van der Waals surface area contributed by atoms with Gasteiger partial charge >= 0.3 is 0 Å². The molecule has 0 fully saturated rings. The minimum absolute atomic E-state index is 0.0201. The van der Waals surface area contributed by atoms with E-state index in [1.165, 1.54) is 0 Å². The molecule has 2 aromatic carbocycles. The third kappa shape index (κ3) is 3.97. The number of aliphatic hydroxyl groups excluding tert-OH is 1. The molecule has 0 saturated heterocycles. The van der Waals surface area contributed by atoms with Crippen molar-refractivity contribution >= 4 is 17.3 Å². The Bertz CT molecular complexity index is 525. The van der Waals surface area contributed by atoms with Crippen LogP contribution in [0.3, 0.4) is 0 Å². The largest absolute Gasteiger partial charge is 0.394 e. The average Bonchev–Trinajstić information content (AvgIpc) is 2.48. The molecule has 0 aliphatic carbocycles. The van der Waals surface area contributed by atoms with Crippen molar-refractivity contribution in [1.82, 2.24) is 0 Å². The fourth-order valence-corrected chi connectivity index (χ4v) is 2.12. The standard InChI is InChI=1S/C16H18ClNO2/c1-20-11-12-2-4-13(5-3-12)16(10-19)18-15-8-6-14(17)7-9-15/h2-9,16,18-19H,10-11H2,1H3. The Labute approximate surface area is 124 Å². The number of hydrogen-bond donors (Lipinski definition) is 2. The van der Waals surface area contributed by atoms with Crippen molar-refractivity contribution in [2.45, 2.75) is 12.6 Å². The van der Waals surface area contributed by atoms with Crippen LogP contribution in [0.15, 0.2) is 48.5 Å². The Kier molecular flexibility index (Phi) is 5.41. The van der Waals surface area contributed by atoms with Crippen LogP contribution in [0.1, 0.15) is 17.2 Å². The fraction of sp³-hybridized carbons (Fsp3) is 0.250. The van der Waals surface area contributed by atoms with E-state index >= 15 is 0 Å². The smallest absolute Gasteiger partial charge is 0.0745 e. The summed E-state index contributed by atoms with van der Waals surface area (Å²) in [5, 5.41) is 13.5. The molecule has 0 spiro atoms. The molecular weight excluding hydrogens is 274 g/mol. The quantitative estimate of drug-likeness (QED) is 0.854. The zero-order valence-electron chi connectivity index (χ0n) is 11.3. The van der Waals surface area contributed by atoms with E-state index in [0.29, 0.717) is 11.6 Å². The van der Waals surface area contributed by atoms with Crippen LogP contribution in [0.2, 0.25) is 5.02 Å². The summed E-state index contributed by atoms with van der Waals surface area (Å²) in [6.07, 6.45) is 0. The van der Waals surface area contributed by atoms with Crippen molar-refractivity contribution in [3.8, 4) is 0 Å². The summed E-state index contributed by atoms with van der Waals surface area (Å²) in [6, 6.07) is 15.3. The van der Waals surface area contributed by atoms with Crippen molar-refractivity contribution in [2.75, 3.05) is 19.0 Å². The highest BCUT2D eigenvalue weighted by atomic mass is 35.5. The highest BCUT2D eigenvalue weighted by Crippen LogP contribution is 2.21. The van der Waals surface area contributed by atoms with E-state index in [4.69, 9.17) is 16.3 Å². The molecule has 2 N–H and O–H groups in total. The van der Waals surface area contributed by atoms with Crippen LogP contribution in [-0.4, -0.2) is 18.8 Å². The van der Waals surface area contributed by atoms with Gasteiger partial charge in [0.05, 0.1) is 19.3 Å². The van der Waals surface area contributed by atoms with Crippen molar-refractivity contribution in [2.24, 2.45) is 0 Å². The molecule has 0 aromatic heterocycles. The number of methoxy groups -OCH3 is 1. The van der Waals surface area contributed by atoms with Crippen LogP contribution >= 0.6 is 11.6 Å². The molecule has 1 unspecified atom stereocenters. The van der Waals surface area contributed by atoms with Gasteiger partial charge in [0, 0.05) is 17.8 Å². The molecule has 2 rings (SSSR count). The summed E-state index contributed by atoms with van der Waals surface area (Å²) >= 11 is 5.86. The molecule has 2 aromatic rings. The first-order chi connectivity index (χ1) is 9.72. The number of rotatable bonds is 6. The maximum atomic E-state index is 9.55. The Morgan fingerprint density at radius 2 is 1.75 bits per heavy atom. The lowest BCUT2D eigenvalue weighted by Crippen LogP contribution is -2.14. The zero-order chi connectivity index (χ0) is 14.4. The van der Waals surface area contributed by atoms with Gasteiger partial charge in [0.1, 0.15) is 0 Å². The first-order valence-corrected chi connectivity index (χ1v) is 6.81. The van der Waals surface area contributed by atoms with Gasteiger partial charge in [-0.1, -0.05) is 35.9 Å². The number of halogens is 1. The lowest BCUT2D eigenvalue weighted by molar-refractivity contribution is 0.185. The maximum Gasteiger partial charge on any atom is 0.0745 e. The number of aliphatic hydroxyl groups is 1. The third-order valence-corrected chi connectivity index (χ3v) is 3.31. The van der Waals surface area contributed by atoms with Gasteiger partial charge < -0.3 is 15.2 Å². The SMILES string of the molecule is COCc1ccc(C(CO)Nc2ccc(Cl)cc2)cc1. The second kappa shape index (κ2) is 7.29. The van der Waals surface area contributed by atoms with E-state index in [1.807, 2.05) is 48.5 Å². The van der Waals surface area contributed by atoms with Crippen LogP contribution in [0.5, 0.6) is 0 Å². The summed E-state index contributed by atoms with van der Waals surface area (Å²) in [6.45, 7) is 0.612. The van der Waals surface area contributed by atoms with Crippen LogP contribution in [0, 0.1) is 0 Å². The second-order valence-electron chi connectivity index (χ2n) is 4.56. The molecular formula is C16H18ClNO2. The maximum absolute atomic E-state index is 9.55. The van der Waals surface area contributed by atoms with E-state index in [9.17, 15) is 5.11 Å². The monoisotopic (exact) mass is 291 g/mol. The summed E-state index contributed by atoms with van der Waals surface area (Å²) in [4.78, 5) is 0. The number of hydrogen-bond acceptors (Lipinski definition) is 3. The second-order valence-corrected chi connectivity index (χ2v) is 5.00. The van der Waals surface area contributed by atoms with Gasteiger partial charge in [-0.2, -0.15) is 0 Å². The molecule has 0 radical (unpaired) electrons. The lowest BCUT2D eigenvalue weighted by Gasteiger charge is -2.18. The summed E-state index contributed by atoms with van der Waals surface area (Å²) in [5.74, 6) is 0. The predicted octanol–water partition coefficient (Wildman–Crippen LogP) is 3.63. The minimum atomic E-state index is -0.146. The molecule has 0 saturated carbocycles. The van der Waals surface area contributed by atoms with Gasteiger partial charge in [0.2, 0.25) is 0 Å². The molecule has 20 heavy (non-hydrogen) atoms. The van der Waals surface area contributed by atoms with Crippen LogP contribution in [0.25, 0.3) is 0 Å². The van der Waals surface area contributed by atoms with E-state index in [-0.39, 0.29) is 12.6 Å². The lowest BCUT2D eigenvalue weighted by atomic mass is 10.1. The molecule has 106 valence electrons. The Morgan fingerprint density at radius 1 is 1.10 bits per heavy atom. The Hall–Kier alpha value is -1.55. The summed E-state index contributed by atoms with van der Waals surface area (Å²) in [7, 11) is 1.67. The first-order valence-electron chi connectivity index (χ1n) is 6.43. The molecule has 4 heteroatoms. The zero-order valence-corrected chi connectivity index (χ0v) is 12.1. The van der Waals surface area contributed by atoms with Crippen LogP contribution < -0.4 is 5.32 Å². The topological polar surface area (TPSA) is 41.5 Å². The van der Waals surface area contributed by atoms with Gasteiger partial charge in [-0.15, -0.1) is 0 Å². The highest BCUT2D eigenvalue weighted by molar-refractivity contribution is 6.30. The van der Waals surface area contributed by atoms with E-state index in [2.05, 4.69) is 5.32 Å². The normalized spacial score (nSPS) is 12.2. The van der Waals surface area contributed by atoms with Gasteiger partial charge in [0.25, 0.3) is 0 Å². The highest BCUT2D eigenvalue weighted by Gasteiger charge is 2.10. The van der Waals surface area contributed by atoms with Gasteiger partial charge in [-0.05, 0) is 35.4 Å². The number of benzene rings is 2. The van der Waals surface area contributed by atoms with Gasteiger partial charge in [-0.25, -0.2) is 0 Å². The minimum Gasteiger partial charge on any atom is -0.394 e. The van der Waals surface area contributed by atoms with E-state index in [0.717, 1.165) is 16.8 Å². The summed E-state index contributed by atoms with van der Waals surface area (Å²) in [5.41, 5.74) is 3.07. The van der Waals surface area contributed by atoms with Crippen LogP contribution in [0.4, 0.5) is 5.69 Å². The van der Waals surface area contributed by atoms with Crippen molar-refractivity contribution in [1.29, 1.82) is 0 Å². The fourth-order valence-electron chi connectivity index (χ4n) is 1.99. The van der Waals surface area contributed by atoms with E-state index in [1.54, 1.807) is 7.11 Å². The molecule has 0 heterocycles. The number of anilines is 1. The van der Waals surface area contributed by atoms with Crippen molar-refractivity contribution < 1.29 is 9.84 Å². The molecule has 0 bridgehead atoms. The van der Waals surface area contributed by atoms with Gasteiger partial charge in [0.15, 0.2) is 0 Å².